The fraction of sp³-hybridized carbons (Fsp3) is 0.414. The lowest BCUT2D eigenvalue weighted by atomic mass is 9.92. The Bertz CT molecular complexity index is 1300. The quantitative estimate of drug-likeness (QED) is 0.476. The second kappa shape index (κ2) is 10.3. The molecule has 196 valence electrons. The first-order chi connectivity index (χ1) is 17.5. The van der Waals surface area contributed by atoms with Gasteiger partial charge in [-0.1, -0.05) is 58.9 Å². The number of nitrogens with one attached hydrogen (secondary N) is 1. The summed E-state index contributed by atoms with van der Waals surface area (Å²) in [6, 6.07) is 12.9. The van der Waals surface area contributed by atoms with E-state index in [1.165, 1.54) is 0 Å². The Morgan fingerprint density at radius 3 is 2.46 bits per heavy atom. The van der Waals surface area contributed by atoms with Crippen LogP contribution in [-0.2, 0) is 17.8 Å². The van der Waals surface area contributed by atoms with E-state index in [9.17, 15) is 9.59 Å². The number of urea groups is 1. The summed E-state index contributed by atoms with van der Waals surface area (Å²) < 4.78 is 8.21. The first-order valence-electron chi connectivity index (χ1n) is 12.8. The van der Waals surface area contributed by atoms with Gasteiger partial charge in [0.15, 0.2) is 0 Å². The van der Waals surface area contributed by atoms with Crippen LogP contribution < -0.4 is 15.8 Å². The number of carbonyl (C=O) groups is 2. The Labute approximate surface area is 218 Å². The van der Waals surface area contributed by atoms with Gasteiger partial charge in [-0.15, -0.1) is 0 Å². The molecule has 8 heteroatoms. The summed E-state index contributed by atoms with van der Waals surface area (Å²) in [4.78, 5) is 26.4. The van der Waals surface area contributed by atoms with Gasteiger partial charge in [-0.2, -0.15) is 5.10 Å². The summed E-state index contributed by atoms with van der Waals surface area (Å²) in [5.74, 6) is 1.26. The van der Waals surface area contributed by atoms with Crippen LogP contribution in [0.2, 0.25) is 0 Å². The molecule has 0 unspecified atom stereocenters. The molecule has 0 radical (unpaired) electrons. The van der Waals surface area contributed by atoms with Crippen molar-refractivity contribution in [3.8, 4) is 22.7 Å². The lowest BCUT2D eigenvalue weighted by molar-refractivity contribution is -0.140. The normalized spacial score (nSPS) is 13.4. The zero-order valence-electron chi connectivity index (χ0n) is 22.6. The van der Waals surface area contributed by atoms with Crippen LogP contribution in [0, 0.1) is 18.3 Å². The molecule has 0 fully saturated rings. The zero-order chi connectivity index (χ0) is 26.9. The minimum Gasteiger partial charge on any atom is -0.491 e. The molecule has 3 amide bonds. The second-order valence-corrected chi connectivity index (χ2v) is 11.1. The predicted molar refractivity (Wildman–Crippen MR) is 146 cm³/mol. The maximum Gasteiger partial charge on any atom is 0.316 e. The third kappa shape index (κ3) is 5.63. The average molecular weight is 504 g/mol. The third-order valence-electron chi connectivity index (χ3n) is 6.37. The number of anilines is 1. The molecule has 0 bridgehead atoms. The number of hydrogen-bond acceptors (Lipinski definition) is 4. The molecule has 0 spiro atoms. The molecule has 3 N–H and O–H groups in total. The summed E-state index contributed by atoms with van der Waals surface area (Å²) in [7, 11) is 0. The van der Waals surface area contributed by atoms with Gasteiger partial charge in [0.05, 0.1) is 18.0 Å². The van der Waals surface area contributed by atoms with Crippen molar-refractivity contribution in [1.29, 1.82) is 0 Å². The highest BCUT2D eigenvalue weighted by Gasteiger charge is 2.33. The number of rotatable bonds is 6. The third-order valence-corrected chi connectivity index (χ3v) is 6.37. The minimum absolute atomic E-state index is 0.120. The molecule has 3 aromatic rings. The van der Waals surface area contributed by atoms with Crippen molar-refractivity contribution < 1.29 is 14.3 Å². The lowest BCUT2D eigenvalue weighted by Crippen LogP contribution is -2.42. The van der Waals surface area contributed by atoms with Gasteiger partial charge in [0.2, 0.25) is 5.91 Å². The average Bonchev–Trinajstić information content (AvgIpc) is 3.20. The van der Waals surface area contributed by atoms with Gasteiger partial charge in [0.25, 0.3) is 0 Å². The lowest BCUT2D eigenvalue weighted by Gasteiger charge is -2.32. The van der Waals surface area contributed by atoms with E-state index in [0.717, 1.165) is 39.5 Å². The number of fused-ring (bicyclic) bond motifs is 1. The summed E-state index contributed by atoms with van der Waals surface area (Å²) >= 11 is 0. The van der Waals surface area contributed by atoms with Gasteiger partial charge in [0.1, 0.15) is 11.4 Å². The largest absolute Gasteiger partial charge is 0.491 e. The maximum atomic E-state index is 13.2. The number of hydrogen-bond donors (Lipinski definition) is 2. The highest BCUT2D eigenvalue weighted by molar-refractivity contribution is 5.88. The number of amides is 3. The molecular formula is C29H37N5O3. The molecule has 8 nitrogen and oxygen atoms in total. The fourth-order valence-corrected chi connectivity index (χ4v) is 4.61. The molecule has 0 atom stereocenters. The van der Waals surface area contributed by atoms with Gasteiger partial charge >= 0.3 is 6.03 Å². The van der Waals surface area contributed by atoms with E-state index in [1.54, 1.807) is 0 Å². The molecule has 1 aliphatic heterocycles. The number of aryl methyl sites for hydroxylation is 1. The molecule has 1 aromatic heterocycles. The Kier molecular flexibility index (Phi) is 7.30. The number of primary amides is 1. The molecule has 1 aliphatic rings. The second-order valence-electron chi connectivity index (χ2n) is 11.1. The molecule has 0 saturated heterocycles. The van der Waals surface area contributed by atoms with Crippen LogP contribution in [0.4, 0.5) is 10.5 Å². The van der Waals surface area contributed by atoms with E-state index in [0.29, 0.717) is 37.7 Å². The number of benzene rings is 2. The van der Waals surface area contributed by atoms with E-state index >= 15 is 0 Å². The summed E-state index contributed by atoms with van der Waals surface area (Å²) in [6.45, 7) is 13.8. The molecular weight excluding hydrogens is 466 g/mol. The summed E-state index contributed by atoms with van der Waals surface area (Å²) in [5.41, 5.74) is 11.2. The molecule has 2 aromatic carbocycles. The Hall–Kier alpha value is -3.81. The minimum atomic E-state index is -0.613. The van der Waals surface area contributed by atoms with E-state index in [1.807, 2.05) is 66.8 Å². The van der Waals surface area contributed by atoms with Crippen LogP contribution in [0.15, 0.2) is 42.5 Å². The SMILES string of the molecule is Cc1cccc(OCC(C)C)c1-n1nc2c(c1-c1ccc(NC(N)=O)cc1)CN(C(=O)C(C)(C)C)CC2. The van der Waals surface area contributed by atoms with Crippen LogP contribution in [0.25, 0.3) is 16.9 Å². The van der Waals surface area contributed by atoms with Crippen molar-refractivity contribution in [2.45, 2.75) is 54.5 Å². The molecule has 4 rings (SSSR count). The first-order valence-corrected chi connectivity index (χ1v) is 12.8. The number of para-hydroxylation sites is 1. The standard InChI is InChI=1S/C29H37N5O3/c1-18(2)17-37-24-9-7-8-19(3)25(24)34-26(20-10-12-21(13-11-20)31-28(30)36)22-16-33(15-14-23(22)32-34)27(35)29(4,5)6/h7-13,18H,14-17H2,1-6H3,(H3,30,31,36). The monoisotopic (exact) mass is 503 g/mol. The van der Waals surface area contributed by atoms with E-state index in [4.69, 9.17) is 15.6 Å². The van der Waals surface area contributed by atoms with Crippen molar-refractivity contribution in [1.82, 2.24) is 14.7 Å². The van der Waals surface area contributed by atoms with Gasteiger partial charge in [-0.3, -0.25) is 4.79 Å². The number of nitrogens with zero attached hydrogens (tertiary/aromatic N) is 3. The van der Waals surface area contributed by atoms with E-state index < -0.39 is 11.4 Å². The topological polar surface area (TPSA) is 102 Å². The van der Waals surface area contributed by atoms with Gasteiger partial charge in [0, 0.05) is 41.7 Å². The smallest absolute Gasteiger partial charge is 0.316 e. The van der Waals surface area contributed by atoms with Crippen molar-refractivity contribution >= 4 is 17.6 Å². The van der Waals surface area contributed by atoms with Crippen LogP contribution in [0.3, 0.4) is 0 Å². The Balaban J connectivity index is 1.87. The van der Waals surface area contributed by atoms with Crippen LogP contribution in [0.5, 0.6) is 5.75 Å². The predicted octanol–water partition coefficient (Wildman–Crippen LogP) is 5.30. The first kappa shape index (κ1) is 26.3. The van der Waals surface area contributed by atoms with Gasteiger partial charge < -0.3 is 20.7 Å². The molecule has 37 heavy (non-hydrogen) atoms. The number of nitrogens with two attached hydrogens (primary N) is 1. The summed E-state index contributed by atoms with van der Waals surface area (Å²) in [5, 5.41) is 7.70. The highest BCUT2D eigenvalue weighted by atomic mass is 16.5. The van der Waals surface area contributed by atoms with Crippen LogP contribution in [0.1, 0.15) is 51.4 Å². The molecule has 2 heterocycles. The maximum absolute atomic E-state index is 13.2. The molecule has 0 aliphatic carbocycles. The van der Waals surface area contributed by atoms with Gasteiger partial charge in [-0.05, 0) is 36.6 Å². The van der Waals surface area contributed by atoms with E-state index in [-0.39, 0.29) is 5.91 Å². The van der Waals surface area contributed by atoms with Crippen molar-refractivity contribution in [2.24, 2.45) is 17.1 Å². The summed E-state index contributed by atoms with van der Waals surface area (Å²) in [6.07, 6.45) is 0.673. The highest BCUT2D eigenvalue weighted by Crippen LogP contribution is 2.38. The van der Waals surface area contributed by atoms with Crippen molar-refractivity contribution in [3.05, 3.63) is 59.3 Å². The van der Waals surface area contributed by atoms with Crippen LogP contribution >= 0.6 is 0 Å². The Morgan fingerprint density at radius 2 is 1.84 bits per heavy atom. The van der Waals surface area contributed by atoms with Crippen LogP contribution in [-0.4, -0.2) is 39.8 Å². The number of carbonyl (C=O) groups excluding carboxylic acids is 2. The fourth-order valence-electron chi connectivity index (χ4n) is 4.61. The number of ether oxygens (including phenoxy) is 1. The van der Waals surface area contributed by atoms with E-state index in [2.05, 4.69) is 32.2 Å². The van der Waals surface area contributed by atoms with Gasteiger partial charge in [-0.25, -0.2) is 9.48 Å². The molecule has 0 saturated carbocycles. The zero-order valence-corrected chi connectivity index (χ0v) is 22.6. The van der Waals surface area contributed by atoms with Crippen molar-refractivity contribution in [3.63, 3.8) is 0 Å². The van der Waals surface area contributed by atoms with Crippen molar-refractivity contribution in [2.75, 3.05) is 18.5 Å². The number of aromatic nitrogens is 2. The Morgan fingerprint density at radius 1 is 1.14 bits per heavy atom.